The van der Waals surface area contributed by atoms with Gasteiger partial charge in [-0.15, -0.1) is 0 Å². The zero-order valence-corrected chi connectivity index (χ0v) is 22.8. The summed E-state index contributed by atoms with van der Waals surface area (Å²) >= 11 is 0. The van der Waals surface area contributed by atoms with Crippen molar-refractivity contribution in [3.8, 4) is 22.3 Å². The molecule has 8 aromatic rings. The Morgan fingerprint density at radius 3 is 1.81 bits per heavy atom. The van der Waals surface area contributed by atoms with Crippen LogP contribution in [0, 0.1) is 0 Å². The quantitative estimate of drug-likeness (QED) is 0.218. The van der Waals surface area contributed by atoms with Crippen molar-refractivity contribution in [1.82, 2.24) is 4.98 Å². The van der Waals surface area contributed by atoms with Crippen LogP contribution in [-0.4, -0.2) is 4.98 Å². The topological polar surface area (TPSA) is 29.3 Å². The van der Waals surface area contributed by atoms with E-state index in [2.05, 4.69) is 126 Å². The van der Waals surface area contributed by atoms with Gasteiger partial charge in [0.2, 0.25) is 0 Å². The van der Waals surface area contributed by atoms with Gasteiger partial charge in [-0.3, -0.25) is 4.90 Å². The van der Waals surface area contributed by atoms with Gasteiger partial charge < -0.3 is 4.42 Å². The number of anilines is 3. The normalized spacial score (nSPS) is 11.3. The van der Waals surface area contributed by atoms with E-state index in [1.165, 1.54) is 33.0 Å². The molecule has 3 nitrogen and oxygen atoms in total. The van der Waals surface area contributed by atoms with Crippen molar-refractivity contribution in [2.24, 2.45) is 0 Å². The monoisotopic (exact) mass is 538 g/mol. The smallest absolute Gasteiger partial charge is 0.149 e. The van der Waals surface area contributed by atoms with Crippen LogP contribution in [0.2, 0.25) is 0 Å². The fourth-order valence-corrected chi connectivity index (χ4v) is 5.82. The second-order valence-corrected chi connectivity index (χ2v) is 10.5. The zero-order chi connectivity index (χ0) is 27.9. The molecule has 2 aromatic heterocycles. The van der Waals surface area contributed by atoms with Gasteiger partial charge in [0.1, 0.15) is 17.0 Å². The van der Waals surface area contributed by atoms with Crippen molar-refractivity contribution in [3.63, 3.8) is 0 Å². The molecule has 0 unspecified atom stereocenters. The average molecular weight is 539 g/mol. The Kier molecular flexibility index (Phi) is 5.79. The summed E-state index contributed by atoms with van der Waals surface area (Å²) in [5.41, 5.74) is 8.45. The van der Waals surface area contributed by atoms with E-state index in [1.54, 1.807) is 0 Å². The molecule has 6 aromatic carbocycles. The highest BCUT2D eigenvalue weighted by molar-refractivity contribution is 6.12. The molecular weight excluding hydrogens is 512 g/mol. The lowest BCUT2D eigenvalue weighted by molar-refractivity contribution is 0.668. The molecule has 0 atom stereocenters. The van der Waals surface area contributed by atoms with Crippen LogP contribution in [-0.2, 0) is 0 Å². The number of nitrogens with zero attached hydrogens (tertiary/aromatic N) is 2. The number of hydrogen-bond acceptors (Lipinski definition) is 3. The Labute approximate surface area is 243 Å². The summed E-state index contributed by atoms with van der Waals surface area (Å²) in [6, 6.07) is 53.1. The molecule has 2 heterocycles. The van der Waals surface area contributed by atoms with Crippen LogP contribution in [0.4, 0.5) is 17.2 Å². The van der Waals surface area contributed by atoms with E-state index < -0.39 is 0 Å². The standard InChI is InChI=1S/C39H26N2O/c1-2-8-27(9-3-1)29-16-20-33(21-17-29)41(39-38-35-12-6-7-13-36(35)42-37(38)24-25-40-39)34-22-18-30(19-23-34)32-15-14-28-10-4-5-11-31(28)26-32/h1-26H. The van der Waals surface area contributed by atoms with Crippen LogP contribution in [0.1, 0.15) is 0 Å². The minimum absolute atomic E-state index is 0.819. The van der Waals surface area contributed by atoms with Crippen molar-refractivity contribution >= 4 is 49.9 Å². The summed E-state index contributed by atoms with van der Waals surface area (Å²) in [6.45, 7) is 0. The molecule has 0 aliphatic rings. The highest BCUT2D eigenvalue weighted by Crippen LogP contribution is 2.42. The van der Waals surface area contributed by atoms with E-state index in [1.807, 2.05) is 36.5 Å². The van der Waals surface area contributed by atoms with Crippen molar-refractivity contribution in [1.29, 1.82) is 0 Å². The predicted molar refractivity (Wildman–Crippen MR) is 175 cm³/mol. The molecule has 0 bridgehead atoms. The second-order valence-electron chi connectivity index (χ2n) is 10.5. The van der Waals surface area contributed by atoms with Gasteiger partial charge in [0.15, 0.2) is 0 Å². The fraction of sp³-hybridized carbons (Fsp3) is 0. The molecule has 3 heteroatoms. The number of aromatic nitrogens is 1. The first-order chi connectivity index (χ1) is 20.8. The minimum Gasteiger partial charge on any atom is -0.456 e. The molecule has 42 heavy (non-hydrogen) atoms. The van der Waals surface area contributed by atoms with Crippen molar-refractivity contribution < 1.29 is 4.42 Å². The van der Waals surface area contributed by atoms with Gasteiger partial charge in [0.05, 0.1) is 5.39 Å². The molecule has 8 rings (SSSR count). The summed E-state index contributed by atoms with van der Waals surface area (Å²) in [7, 11) is 0. The number of pyridine rings is 1. The summed E-state index contributed by atoms with van der Waals surface area (Å²) in [5, 5.41) is 4.53. The number of fused-ring (bicyclic) bond motifs is 4. The number of hydrogen-bond donors (Lipinski definition) is 0. The molecule has 0 spiro atoms. The molecule has 0 saturated heterocycles. The first-order valence-corrected chi connectivity index (χ1v) is 14.1. The lowest BCUT2D eigenvalue weighted by atomic mass is 10.0. The third-order valence-electron chi connectivity index (χ3n) is 7.92. The summed E-state index contributed by atoms with van der Waals surface area (Å²) in [5.74, 6) is 0.836. The Morgan fingerprint density at radius 1 is 0.452 bits per heavy atom. The number of para-hydroxylation sites is 1. The number of furan rings is 1. The van der Waals surface area contributed by atoms with Crippen LogP contribution in [0.15, 0.2) is 162 Å². The lowest BCUT2D eigenvalue weighted by Crippen LogP contribution is -2.11. The van der Waals surface area contributed by atoms with E-state index in [0.717, 1.165) is 39.1 Å². The van der Waals surface area contributed by atoms with Gasteiger partial charge in [-0.1, -0.05) is 109 Å². The van der Waals surface area contributed by atoms with Crippen LogP contribution in [0.25, 0.3) is 55.0 Å². The van der Waals surface area contributed by atoms with E-state index in [-0.39, 0.29) is 0 Å². The molecule has 0 N–H and O–H groups in total. The third-order valence-corrected chi connectivity index (χ3v) is 7.92. The van der Waals surface area contributed by atoms with E-state index >= 15 is 0 Å². The van der Waals surface area contributed by atoms with Crippen LogP contribution >= 0.6 is 0 Å². The first kappa shape index (κ1) is 24.2. The molecule has 0 saturated carbocycles. The summed E-state index contributed by atoms with van der Waals surface area (Å²) in [4.78, 5) is 7.17. The highest BCUT2D eigenvalue weighted by Gasteiger charge is 2.20. The maximum atomic E-state index is 6.24. The lowest BCUT2D eigenvalue weighted by Gasteiger charge is -2.25. The van der Waals surface area contributed by atoms with E-state index in [0.29, 0.717) is 0 Å². The van der Waals surface area contributed by atoms with Crippen molar-refractivity contribution in [2.75, 3.05) is 4.90 Å². The maximum Gasteiger partial charge on any atom is 0.149 e. The summed E-state index contributed by atoms with van der Waals surface area (Å²) in [6.07, 6.45) is 1.83. The largest absolute Gasteiger partial charge is 0.456 e. The van der Waals surface area contributed by atoms with Crippen molar-refractivity contribution in [2.45, 2.75) is 0 Å². The summed E-state index contributed by atoms with van der Waals surface area (Å²) < 4.78 is 6.24. The SMILES string of the molecule is c1ccc(-c2ccc(N(c3ccc(-c4ccc5ccccc5c4)cc3)c3nccc4oc5ccccc5c34)cc2)cc1. The fourth-order valence-electron chi connectivity index (χ4n) is 5.82. The molecule has 0 amide bonds. The molecule has 198 valence electrons. The molecule has 0 radical (unpaired) electrons. The van der Waals surface area contributed by atoms with Crippen LogP contribution < -0.4 is 4.90 Å². The second kappa shape index (κ2) is 10.1. The van der Waals surface area contributed by atoms with Crippen LogP contribution in [0.3, 0.4) is 0 Å². The average Bonchev–Trinajstić information content (AvgIpc) is 3.45. The van der Waals surface area contributed by atoms with E-state index in [9.17, 15) is 0 Å². The Bertz CT molecular complexity index is 2180. The molecule has 0 aliphatic heterocycles. The Balaban J connectivity index is 1.27. The van der Waals surface area contributed by atoms with Gasteiger partial charge in [-0.05, 0) is 75.5 Å². The number of benzene rings is 6. The maximum absolute atomic E-state index is 6.24. The van der Waals surface area contributed by atoms with Gasteiger partial charge in [0.25, 0.3) is 0 Å². The predicted octanol–water partition coefficient (Wildman–Crippen LogP) is 10.9. The Morgan fingerprint density at radius 2 is 1.05 bits per heavy atom. The number of rotatable bonds is 5. The van der Waals surface area contributed by atoms with Gasteiger partial charge in [0, 0.05) is 23.0 Å². The van der Waals surface area contributed by atoms with E-state index in [4.69, 9.17) is 9.40 Å². The first-order valence-electron chi connectivity index (χ1n) is 14.1. The van der Waals surface area contributed by atoms with Gasteiger partial charge >= 0.3 is 0 Å². The minimum atomic E-state index is 0.819. The Hall–Kier alpha value is -5.67. The van der Waals surface area contributed by atoms with Crippen LogP contribution in [0.5, 0.6) is 0 Å². The molecule has 0 fully saturated rings. The highest BCUT2D eigenvalue weighted by atomic mass is 16.3. The molecular formula is C39H26N2O. The molecule has 0 aliphatic carbocycles. The van der Waals surface area contributed by atoms with Crippen molar-refractivity contribution in [3.05, 3.63) is 158 Å². The third kappa shape index (κ3) is 4.20. The van der Waals surface area contributed by atoms with Gasteiger partial charge in [-0.2, -0.15) is 0 Å². The zero-order valence-electron chi connectivity index (χ0n) is 22.8. The van der Waals surface area contributed by atoms with Gasteiger partial charge in [-0.25, -0.2) is 4.98 Å².